The maximum Gasteiger partial charge on any atom is 0.246 e. The number of hydrogen-bond donors (Lipinski definition) is 1. The lowest BCUT2D eigenvalue weighted by molar-refractivity contribution is 0.0401. The van der Waals surface area contributed by atoms with Gasteiger partial charge in [-0.25, -0.2) is 12.8 Å². The summed E-state index contributed by atoms with van der Waals surface area (Å²) in [6, 6.07) is 1.44. The lowest BCUT2D eigenvalue weighted by Gasteiger charge is -2.37. The van der Waals surface area contributed by atoms with E-state index in [0.29, 0.717) is 12.8 Å². The Labute approximate surface area is 139 Å². The van der Waals surface area contributed by atoms with Gasteiger partial charge in [-0.1, -0.05) is 23.2 Å². The summed E-state index contributed by atoms with van der Waals surface area (Å²) in [6.45, 7) is 0.391. The average Bonchev–Trinajstić information content (AvgIpc) is 2.44. The number of sulfonamides is 1. The van der Waals surface area contributed by atoms with E-state index >= 15 is 0 Å². The molecule has 2 rings (SSSR count). The summed E-state index contributed by atoms with van der Waals surface area (Å²) >= 11 is 11.8. The topological polar surface area (TPSA) is 72.6 Å². The van der Waals surface area contributed by atoms with Crippen LogP contribution >= 0.6 is 23.2 Å². The van der Waals surface area contributed by atoms with E-state index in [-0.39, 0.29) is 34.1 Å². The van der Waals surface area contributed by atoms with Gasteiger partial charge in [0.2, 0.25) is 10.0 Å². The van der Waals surface area contributed by atoms with Crippen molar-refractivity contribution in [2.45, 2.75) is 29.9 Å². The number of rotatable bonds is 4. The van der Waals surface area contributed by atoms with Gasteiger partial charge in [0.25, 0.3) is 0 Å². The molecular formula is C13H17Cl2FN2O3S. The third kappa shape index (κ3) is 3.39. The maximum atomic E-state index is 13.3. The van der Waals surface area contributed by atoms with Crippen molar-refractivity contribution >= 4 is 33.2 Å². The summed E-state index contributed by atoms with van der Waals surface area (Å²) in [5, 5.41) is -0.482. The quantitative estimate of drug-likeness (QED) is 0.881. The second-order valence-corrected chi connectivity index (χ2v) is 7.73. The normalized spacial score (nSPS) is 23.7. The first-order valence-corrected chi connectivity index (χ1v) is 8.90. The molecule has 5 nitrogen and oxygen atoms in total. The van der Waals surface area contributed by atoms with Crippen LogP contribution in [-0.2, 0) is 14.8 Å². The molecule has 9 heteroatoms. The predicted molar refractivity (Wildman–Crippen MR) is 83.2 cm³/mol. The lowest BCUT2D eigenvalue weighted by Crippen LogP contribution is -2.51. The number of nitrogens with zero attached hydrogens (tertiary/aromatic N) is 1. The Morgan fingerprint density at radius 2 is 2.00 bits per heavy atom. The molecule has 1 saturated heterocycles. The Morgan fingerprint density at radius 1 is 1.41 bits per heavy atom. The van der Waals surface area contributed by atoms with Gasteiger partial charge in [0.05, 0.1) is 16.1 Å². The van der Waals surface area contributed by atoms with E-state index < -0.39 is 21.9 Å². The standard InChI is InChI=1S/C13H17Cl2FN2O3S/c1-21-10-2-3-18(9(6-10)7-17)22(19,20)13-11(14)4-8(16)5-12(13)15/h4-5,9-10H,2-3,6-7,17H2,1H3. The number of benzene rings is 1. The van der Waals surface area contributed by atoms with Crippen LogP contribution in [0, 0.1) is 5.82 Å². The van der Waals surface area contributed by atoms with Crippen LogP contribution in [0.4, 0.5) is 4.39 Å². The molecule has 1 aromatic rings. The molecule has 2 N–H and O–H groups in total. The third-order valence-electron chi connectivity index (χ3n) is 3.75. The highest BCUT2D eigenvalue weighted by Gasteiger charge is 2.38. The number of methoxy groups -OCH3 is 1. The second kappa shape index (κ2) is 6.98. The molecule has 1 aliphatic heterocycles. The van der Waals surface area contributed by atoms with E-state index in [1.165, 1.54) is 4.31 Å². The van der Waals surface area contributed by atoms with Crippen LogP contribution in [0.25, 0.3) is 0 Å². The van der Waals surface area contributed by atoms with Crippen LogP contribution in [0.15, 0.2) is 17.0 Å². The van der Waals surface area contributed by atoms with Gasteiger partial charge in [0, 0.05) is 26.2 Å². The molecule has 0 radical (unpaired) electrons. The van der Waals surface area contributed by atoms with Crippen molar-refractivity contribution in [3.05, 3.63) is 28.0 Å². The number of halogens is 3. The molecule has 2 atom stereocenters. The number of piperidine rings is 1. The fourth-order valence-electron chi connectivity index (χ4n) is 2.63. The van der Waals surface area contributed by atoms with Crippen LogP contribution in [0.3, 0.4) is 0 Å². The molecule has 0 amide bonds. The number of hydrogen-bond acceptors (Lipinski definition) is 4. The molecule has 2 unspecified atom stereocenters. The van der Waals surface area contributed by atoms with Crippen LogP contribution in [0.1, 0.15) is 12.8 Å². The van der Waals surface area contributed by atoms with Crippen LogP contribution in [0.2, 0.25) is 10.0 Å². The Balaban J connectivity index is 2.42. The molecule has 0 saturated carbocycles. The van der Waals surface area contributed by atoms with Crippen LogP contribution in [0.5, 0.6) is 0 Å². The van der Waals surface area contributed by atoms with E-state index in [0.717, 1.165) is 12.1 Å². The van der Waals surface area contributed by atoms with Gasteiger partial charge >= 0.3 is 0 Å². The smallest absolute Gasteiger partial charge is 0.246 e. The van der Waals surface area contributed by atoms with E-state index in [1.54, 1.807) is 7.11 Å². The monoisotopic (exact) mass is 370 g/mol. The van der Waals surface area contributed by atoms with Gasteiger partial charge in [-0.3, -0.25) is 0 Å². The minimum absolute atomic E-state index is 0.0424. The summed E-state index contributed by atoms with van der Waals surface area (Å²) in [7, 11) is -2.39. The van der Waals surface area contributed by atoms with Crippen molar-refractivity contribution in [2.75, 3.05) is 20.2 Å². The first kappa shape index (κ1) is 17.9. The highest BCUT2D eigenvalue weighted by Crippen LogP contribution is 2.35. The molecule has 0 spiro atoms. The zero-order chi connectivity index (χ0) is 16.5. The Bertz CT molecular complexity index is 634. The lowest BCUT2D eigenvalue weighted by atomic mass is 10.0. The molecule has 0 bridgehead atoms. The molecule has 0 aliphatic carbocycles. The Morgan fingerprint density at radius 3 is 2.50 bits per heavy atom. The van der Waals surface area contributed by atoms with Gasteiger partial charge < -0.3 is 10.5 Å². The van der Waals surface area contributed by atoms with Gasteiger partial charge in [-0.15, -0.1) is 0 Å². The maximum absolute atomic E-state index is 13.3. The van der Waals surface area contributed by atoms with Gasteiger partial charge in [-0.05, 0) is 25.0 Å². The Hall–Kier alpha value is -0.440. The van der Waals surface area contributed by atoms with E-state index in [1.807, 2.05) is 0 Å². The molecule has 1 aliphatic rings. The molecule has 0 aromatic heterocycles. The van der Waals surface area contributed by atoms with Gasteiger partial charge in [0.1, 0.15) is 10.7 Å². The minimum atomic E-state index is -3.97. The Kier molecular flexibility index (Phi) is 5.68. The molecule has 1 heterocycles. The second-order valence-electron chi connectivity index (χ2n) is 5.09. The molecule has 22 heavy (non-hydrogen) atoms. The summed E-state index contributed by atoms with van der Waals surface area (Å²) in [4.78, 5) is -0.286. The van der Waals surface area contributed by atoms with Crippen molar-refractivity contribution in [1.82, 2.24) is 4.31 Å². The summed E-state index contributed by atoms with van der Waals surface area (Å²) in [5.74, 6) is -0.692. The molecule has 1 fully saturated rings. The largest absolute Gasteiger partial charge is 0.381 e. The SMILES string of the molecule is COC1CCN(S(=O)(=O)c2c(Cl)cc(F)cc2Cl)C(CN)C1. The zero-order valence-electron chi connectivity index (χ0n) is 11.9. The minimum Gasteiger partial charge on any atom is -0.381 e. The average molecular weight is 371 g/mol. The predicted octanol–water partition coefficient (Wildman–Crippen LogP) is 2.26. The fraction of sp³-hybridized carbons (Fsp3) is 0.538. The van der Waals surface area contributed by atoms with Crippen molar-refractivity contribution in [1.29, 1.82) is 0 Å². The van der Waals surface area contributed by atoms with Gasteiger partial charge in [0.15, 0.2) is 0 Å². The van der Waals surface area contributed by atoms with Crippen molar-refractivity contribution in [3.8, 4) is 0 Å². The first-order chi connectivity index (χ1) is 10.3. The molecule has 124 valence electrons. The van der Waals surface area contributed by atoms with E-state index in [2.05, 4.69) is 0 Å². The van der Waals surface area contributed by atoms with E-state index in [4.69, 9.17) is 33.7 Å². The van der Waals surface area contributed by atoms with Crippen molar-refractivity contribution in [3.63, 3.8) is 0 Å². The third-order valence-corrected chi connectivity index (χ3v) is 6.62. The van der Waals surface area contributed by atoms with Gasteiger partial charge in [-0.2, -0.15) is 4.31 Å². The highest BCUT2D eigenvalue weighted by atomic mass is 35.5. The summed E-state index contributed by atoms with van der Waals surface area (Å²) < 4.78 is 45.5. The summed E-state index contributed by atoms with van der Waals surface area (Å²) in [6.07, 6.45) is 0.991. The fourth-order valence-corrected chi connectivity index (χ4v) is 5.43. The van der Waals surface area contributed by atoms with Crippen molar-refractivity contribution < 1.29 is 17.5 Å². The van der Waals surface area contributed by atoms with Crippen LogP contribution < -0.4 is 5.73 Å². The number of ether oxygens (including phenoxy) is 1. The zero-order valence-corrected chi connectivity index (χ0v) is 14.3. The van der Waals surface area contributed by atoms with E-state index in [9.17, 15) is 12.8 Å². The molecular weight excluding hydrogens is 354 g/mol. The first-order valence-electron chi connectivity index (χ1n) is 6.70. The highest BCUT2D eigenvalue weighted by molar-refractivity contribution is 7.89. The molecule has 1 aromatic carbocycles. The van der Waals surface area contributed by atoms with Crippen molar-refractivity contribution in [2.24, 2.45) is 5.73 Å². The van der Waals surface area contributed by atoms with Crippen LogP contribution in [-0.4, -0.2) is 45.1 Å². The summed E-state index contributed by atoms with van der Waals surface area (Å²) in [5.41, 5.74) is 5.70. The number of nitrogens with two attached hydrogens (primary N) is 1.